The van der Waals surface area contributed by atoms with Crippen LogP contribution in [0, 0.1) is 5.92 Å². The van der Waals surface area contributed by atoms with E-state index >= 15 is 0 Å². The Kier molecular flexibility index (Phi) is 5.20. The first-order valence-corrected chi connectivity index (χ1v) is 9.78. The van der Waals surface area contributed by atoms with Crippen LogP contribution in [0.5, 0.6) is 0 Å². The van der Waals surface area contributed by atoms with Crippen molar-refractivity contribution in [3.63, 3.8) is 0 Å². The van der Waals surface area contributed by atoms with Gasteiger partial charge in [-0.15, -0.1) is 0 Å². The van der Waals surface area contributed by atoms with Gasteiger partial charge in [0.25, 0.3) is 0 Å². The normalized spacial score (nSPS) is 20.8. The highest BCUT2D eigenvalue weighted by Gasteiger charge is 2.40. The lowest BCUT2D eigenvalue weighted by molar-refractivity contribution is -0.138. The molecule has 0 aliphatic carbocycles. The van der Waals surface area contributed by atoms with E-state index in [1.165, 1.54) is 0 Å². The number of anilines is 2. The summed E-state index contributed by atoms with van der Waals surface area (Å²) in [5.41, 5.74) is 2.04. The molecule has 7 nitrogen and oxygen atoms in total. The number of amides is 3. The molecular weight excluding hydrogens is 370 g/mol. The molecule has 2 aliphatic heterocycles. The van der Waals surface area contributed by atoms with Crippen molar-refractivity contribution >= 4 is 29.3 Å². The first-order chi connectivity index (χ1) is 14.0. The Hall–Kier alpha value is -3.35. The largest absolute Gasteiger partial charge is 0.481 e. The number of hydrogen-bond donors (Lipinski definition) is 2. The molecule has 2 heterocycles. The minimum Gasteiger partial charge on any atom is -0.481 e. The number of nitrogens with one attached hydrogen (secondary N) is 1. The number of nitrogens with zero attached hydrogens (tertiary/aromatic N) is 2. The van der Waals surface area contributed by atoms with E-state index in [1.807, 2.05) is 36.4 Å². The number of benzene rings is 2. The fraction of sp³-hybridized carbons (Fsp3) is 0.318. The van der Waals surface area contributed by atoms with Crippen LogP contribution in [0.1, 0.15) is 24.3 Å². The monoisotopic (exact) mass is 393 g/mol. The minimum atomic E-state index is -0.930. The van der Waals surface area contributed by atoms with Gasteiger partial charge in [0.15, 0.2) is 0 Å². The van der Waals surface area contributed by atoms with E-state index < -0.39 is 11.9 Å². The van der Waals surface area contributed by atoms with Gasteiger partial charge < -0.3 is 20.2 Å². The highest BCUT2D eigenvalue weighted by Crippen LogP contribution is 2.37. The molecular formula is C22H23N3O4. The van der Waals surface area contributed by atoms with E-state index in [2.05, 4.69) is 5.32 Å². The van der Waals surface area contributed by atoms with Crippen molar-refractivity contribution in [3.8, 4) is 0 Å². The van der Waals surface area contributed by atoms with E-state index in [0.29, 0.717) is 36.4 Å². The summed E-state index contributed by atoms with van der Waals surface area (Å²) in [4.78, 5) is 40.7. The Bertz CT molecular complexity index is 931. The van der Waals surface area contributed by atoms with Gasteiger partial charge in [-0.3, -0.25) is 9.59 Å². The molecule has 29 heavy (non-hydrogen) atoms. The molecule has 1 saturated heterocycles. The van der Waals surface area contributed by atoms with Gasteiger partial charge in [0.1, 0.15) is 5.92 Å². The van der Waals surface area contributed by atoms with Crippen LogP contribution in [-0.2, 0) is 9.59 Å². The van der Waals surface area contributed by atoms with Gasteiger partial charge in [-0.05, 0) is 36.6 Å². The molecule has 2 aliphatic rings. The number of para-hydroxylation sites is 2. The number of urea groups is 1. The van der Waals surface area contributed by atoms with Crippen molar-refractivity contribution in [2.45, 2.75) is 18.8 Å². The average molecular weight is 393 g/mol. The van der Waals surface area contributed by atoms with Crippen LogP contribution < -0.4 is 10.2 Å². The molecule has 3 amide bonds. The first kappa shape index (κ1) is 19.0. The van der Waals surface area contributed by atoms with Crippen LogP contribution in [-0.4, -0.2) is 47.5 Å². The molecule has 2 atom stereocenters. The molecule has 0 radical (unpaired) electrons. The maximum absolute atomic E-state index is 13.2. The van der Waals surface area contributed by atoms with Crippen molar-refractivity contribution in [1.29, 1.82) is 0 Å². The van der Waals surface area contributed by atoms with Crippen LogP contribution in [0.2, 0.25) is 0 Å². The Morgan fingerprint density at radius 1 is 0.966 bits per heavy atom. The molecule has 7 heteroatoms. The fourth-order valence-electron chi connectivity index (χ4n) is 4.13. The SMILES string of the molecule is O=C(O)C1CN(C(=O)C2CCCN(C(=O)Nc3ccccc3)C2)c2ccccc21. The van der Waals surface area contributed by atoms with Crippen molar-refractivity contribution in [3.05, 3.63) is 60.2 Å². The van der Waals surface area contributed by atoms with Crippen molar-refractivity contribution < 1.29 is 19.5 Å². The number of carbonyl (C=O) groups is 3. The molecule has 0 aromatic heterocycles. The zero-order valence-corrected chi connectivity index (χ0v) is 16.0. The lowest BCUT2D eigenvalue weighted by Gasteiger charge is -2.34. The van der Waals surface area contributed by atoms with E-state index in [1.54, 1.807) is 28.0 Å². The predicted molar refractivity (Wildman–Crippen MR) is 109 cm³/mol. The number of carboxylic acids is 1. The third-order valence-corrected chi connectivity index (χ3v) is 5.62. The second-order valence-corrected chi connectivity index (χ2v) is 7.48. The van der Waals surface area contributed by atoms with Crippen molar-refractivity contribution in [2.75, 3.05) is 29.9 Å². The van der Waals surface area contributed by atoms with Gasteiger partial charge in [0.2, 0.25) is 5.91 Å². The van der Waals surface area contributed by atoms with Crippen LogP contribution in [0.25, 0.3) is 0 Å². The molecule has 0 spiro atoms. The molecule has 1 fully saturated rings. The van der Waals surface area contributed by atoms with E-state index in [9.17, 15) is 19.5 Å². The van der Waals surface area contributed by atoms with Gasteiger partial charge >= 0.3 is 12.0 Å². The summed E-state index contributed by atoms with van der Waals surface area (Å²) in [6.07, 6.45) is 1.42. The quantitative estimate of drug-likeness (QED) is 0.838. The van der Waals surface area contributed by atoms with Gasteiger partial charge in [0.05, 0.1) is 5.92 Å². The number of piperidine rings is 1. The maximum atomic E-state index is 13.2. The fourth-order valence-corrected chi connectivity index (χ4v) is 4.13. The second-order valence-electron chi connectivity index (χ2n) is 7.48. The molecule has 2 aromatic carbocycles. The smallest absolute Gasteiger partial charge is 0.321 e. The summed E-state index contributed by atoms with van der Waals surface area (Å²) < 4.78 is 0. The molecule has 2 unspecified atom stereocenters. The van der Waals surface area contributed by atoms with E-state index in [4.69, 9.17) is 0 Å². The predicted octanol–water partition coefficient (Wildman–Crippen LogP) is 3.15. The first-order valence-electron chi connectivity index (χ1n) is 9.78. The summed E-state index contributed by atoms with van der Waals surface area (Å²) in [7, 11) is 0. The number of carbonyl (C=O) groups excluding carboxylic acids is 2. The maximum Gasteiger partial charge on any atom is 0.321 e. The Balaban J connectivity index is 1.47. The summed E-state index contributed by atoms with van der Waals surface area (Å²) in [5.74, 6) is -2.10. The lowest BCUT2D eigenvalue weighted by atomic mass is 9.96. The number of rotatable bonds is 3. The van der Waals surface area contributed by atoms with Gasteiger partial charge in [-0.25, -0.2) is 4.79 Å². The standard InChI is InChI=1S/C22H23N3O4/c26-20(25-14-18(21(27)28)17-10-4-5-11-19(17)25)15-7-6-12-24(13-15)22(29)23-16-8-2-1-3-9-16/h1-5,8-11,15,18H,6-7,12-14H2,(H,23,29)(H,27,28). The highest BCUT2D eigenvalue weighted by atomic mass is 16.4. The van der Waals surface area contributed by atoms with Crippen LogP contribution in [0.4, 0.5) is 16.2 Å². The number of likely N-dealkylation sites (tertiary alicyclic amines) is 1. The van der Waals surface area contributed by atoms with Crippen molar-refractivity contribution in [2.24, 2.45) is 5.92 Å². The second kappa shape index (κ2) is 7.95. The Morgan fingerprint density at radius 2 is 1.69 bits per heavy atom. The van der Waals surface area contributed by atoms with E-state index in [-0.39, 0.29) is 24.4 Å². The number of carboxylic acid groups (broad SMARTS) is 1. The number of hydrogen-bond acceptors (Lipinski definition) is 3. The molecule has 2 aromatic rings. The lowest BCUT2D eigenvalue weighted by Crippen LogP contribution is -2.48. The number of aliphatic carboxylic acids is 1. The Labute approximate surface area is 168 Å². The zero-order valence-electron chi connectivity index (χ0n) is 16.0. The van der Waals surface area contributed by atoms with Crippen molar-refractivity contribution in [1.82, 2.24) is 4.90 Å². The van der Waals surface area contributed by atoms with Gasteiger partial charge in [-0.2, -0.15) is 0 Å². The summed E-state index contributed by atoms with van der Waals surface area (Å²) >= 11 is 0. The average Bonchev–Trinajstić information content (AvgIpc) is 3.14. The molecule has 0 bridgehead atoms. The summed E-state index contributed by atoms with van der Waals surface area (Å²) in [6, 6.07) is 16.1. The van der Waals surface area contributed by atoms with Crippen LogP contribution >= 0.6 is 0 Å². The highest BCUT2D eigenvalue weighted by molar-refractivity contribution is 6.00. The van der Waals surface area contributed by atoms with Gasteiger partial charge in [-0.1, -0.05) is 36.4 Å². The summed E-state index contributed by atoms with van der Waals surface area (Å²) in [6.45, 7) is 1.06. The number of fused-ring (bicyclic) bond motifs is 1. The van der Waals surface area contributed by atoms with Crippen LogP contribution in [0.15, 0.2) is 54.6 Å². The minimum absolute atomic E-state index is 0.113. The summed E-state index contributed by atoms with van der Waals surface area (Å²) in [5, 5.41) is 12.4. The third kappa shape index (κ3) is 3.81. The third-order valence-electron chi connectivity index (χ3n) is 5.62. The Morgan fingerprint density at radius 3 is 2.45 bits per heavy atom. The molecule has 150 valence electrons. The van der Waals surface area contributed by atoms with E-state index in [0.717, 1.165) is 6.42 Å². The van der Waals surface area contributed by atoms with Gasteiger partial charge in [0, 0.05) is 31.0 Å². The van der Waals surface area contributed by atoms with Crippen LogP contribution in [0.3, 0.4) is 0 Å². The molecule has 0 saturated carbocycles. The zero-order chi connectivity index (χ0) is 20.4. The molecule has 4 rings (SSSR count). The molecule has 2 N–H and O–H groups in total. The topological polar surface area (TPSA) is 90.0 Å².